The quantitative estimate of drug-likeness (QED) is 0.343. The predicted octanol–water partition coefficient (Wildman–Crippen LogP) is 7.78. The van der Waals surface area contributed by atoms with E-state index >= 15 is 0 Å². The first-order chi connectivity index (χ1) is 12.7. The van der Waals surface area contributed by atoms with Gasteiger partial charge in [-0.1, -0.05) is 89.7 Å². The Labute approximate surface area is 158 Å². The second-order valence-electron chi connectivity index (χ2n) is 8.00. The highest BCUT2D eigenvalue weighted by Crippen LogP contribution is 2.34. The lowest BCUT2D eigenvalue weighted by atomic mass is 9.77. The van der Waals surface area contributed by atoms with E-state index in [2.05, 4.69) is 11.7 Å². The smallest absolute Gasteiger partial charge is 0.387 e. The Morgan fingerprint density at radius 3 is 2.04 bits per heavy atom. The van der Waals surface area contributed by atoms with Crippen molar-refractivity contribution in [1.82, 2.24) is 0 Å². The molecule has 0 heterocycles. The molecule has 0 radical (unpaired) electrons. The number of halogens is 2. The number of benzene rings is 1. The van der Waals surface area contributed by atoms with Crippen LogP contribution in [0.5, 0.6) is 5.75 Å². The lowest BCUT2D eigenvalue weighted by Crippen LogP contribution is -2.15. The molecule has 1 aromatic carbocycles. The molecular weight excluding hydrogens is 330 g/mol. The molecule has 2 rings (SSSR count). The Morgan fingerprint density at radius 2 is 1.42 bits per heavy atom. The van der Waals surface area contributed by atoms with E-state index in [-0.39, 0.29) is 5.75 Å². The van der Waals surface area contributed by atoms with Crippen molar-refractivity contribution < 1.29 is 13.5 Å². The zero-order valence-electron chi connectivity index (χ0n) is 16.4. The van der Waals surface area contributed by atoms with Crippen molar-refractivity contribution in [3.05, 3.63) is 29.8 Å². The molecule has 0 aliphatic heterocycles. The van der Waals surface area contributed by atoms with Gasteiger partial charge in [-0.05, 0) is 42.4 Å². The van der Waals surface area contributed by atoms with Crippen LogP contribution in [0.15, 0.2) is 24.3 Å². The van der Waals surface area contributed by atoms with Gasteiger partial charge in [0.2, 0.25) is 0 Å². The maximum absolute atomic E-state index is 12.2. The Balaban J connectivity index is 1.56. The summed E-state index contributed by atoms with van der Waals surface area (Å²) < 4.78 is 28.7. The van der Waals surface area contributed by atoms with Crippen LogP contribution in [0.25, 0.3) is 0 Å². The van der Waals surface area contributed by atoms with E-state index in [1.54, 1.807) is 12.1 Å². The van der Waals surface area contributed by atoms with E-state index in [0.29, 0.717) is 0 Å². The first kappa shape index (κ1) is 21.2. The van der Waals surface area contributed by atoms with Gasteiger partial charge in [-0.2, -0.15) is 8.78 Å². The zero-order valence-corrected chi connectivity index (χ0v) is 16.4. The molecule has 0 spiro atoms. The second-order valence-corrected chi connectivity index (χ2v) is 8.00. The van der Waals surface area contributed by atoms with E-state index in [0.717, 1.165) is 18.3 Å². The molecule has 0 aromatic heterocycles. The monoisotopic (exact) mass is 366 g/mol. The molecule has 0 N–H and O–H groups in total. The molecule has 0 amide bonds. The topological polar surface area (TPSA) is 9.23 Å². The molecule has 1 nitrogen and oxygen atoms in total. The number of unbranched alkanes of at least 4 members (excludes halogenated alkanes) is 5. The lowest BCUT2D eigenvalue weighted by Gasteiger charge is -2.28. The third-order valence-corrected chi connectivity index (χ3v) is 5.92. The van der Waals surface area contributed by atoms with Crippen molar-refractivity contribution in [3.63, 3.8) is 0 Å². The molecule has 26 heavy (non-hydrogen) atoms. The third kappa shape index (κ3) is 8.51. The highest BCUT2D eigenvalue weighted by molar-refractivity contribution is 5.27. The van der Waals surface area contributed by atoms with Gasteiger partial charge < -0.3 is 4.74 Å². The Morgan fingerprint density at radius 1 is 0.846 bits per heavy atom. The van der Waals surface area contributed by atoms with Crippen LogP contribution in [-0.4, -0.2) is 6.61 Å². The summed E-state index contributed by atoms with van der Waals surface area (Å²) in [5.41, 5.74) is 1.22. The number of hydrogen-bond acceptors (Lipinski definition) is 1. The number of hydrogen-bond donors (Lipinski definition) is 0. The van der Waals surface area contributed by atoms with Crippen LogP contribution in [0.4, 0.5) is 8.78 Å². The first-order valence-electron chi connectivity index (χ1n) is 10.7. The van der Waals surface area contributed by atoms with E-state index < -0.39 is 6.61 Å². The van der Waals surface area contributed by atoms with Crippen LogP contribution < -0.4 is 4.74 Å². The summed E-state index contributed by atoms with van der Waals surface area (Å²) in [7, 11) is 0. The Kier molecular flexibility index (Phi) is 10.0. The minimum Gasteiger partial charge on any atom is -0.435 e. The average molecular weight is 367 g/mol. The van der Waals surface area contributed by atoms with E-state index in [1.165, 1.54) is 82.6 Å². The van der Waals surface area contributed by atoms with Gasteiger partial charge in [-0.25, -0.2) is 0 Å². The molecular formula is C23H36F2O. The summed E-state index contributed by atoms with van der Waals surface area (Å²) in [5.74, 6) is 2.05. The maximum Gasteiger partial charge on any atom is 0.387 e. The van der Waals surface area contributed by atoms with Gasteiger partial charge in [0.1, 0.15) is 5.75 Å². The molecule has 1 saturated carbocycles. The van der Waals surface area contributed by atoms with Gasteiger partial charge in [0, 0.05) is 0 Å². The number of ether oxygens (including phenoxy) is 1. The molecule has 1 aliphatic carbocycles. The normalized spacial score (nSPS) is 20.5. The van der Waals surface area contributed by atoms with Crippen LogP contribution in [0.2, 0.25) is 0 Å². The van der Waals surface area contributed by atoms with E-state index in [4.69, 9.17) is 0 Å². The maximum atomic E-state index is 12.2. The van der Waals surface area contributed by atoms with Crippen LogP contribution in [0.3, 0.4) is 0 Å². The van der Waals surface area contributed by atoms with Crippen molar-refractivity contribution >= 4 is 0 Å². The molecule has 1 aromatic rings. The molecule has 148 valence electrons. The molecule has 0 saturated heterocycles. The molecule has 0 bridgehead atoms. The third-order valence-electron chi connectivity index (χ3n) is 5.92. The van der Waals surface area contributed by atoms with Crippen LogP contribution >= 0.6 is 0 Å². The summed E-state index contributed by atoms with van der Waals surface area (Å²) in [6.07, 6.45) is 17.7. The second kappa shape index (κ2) is 12.3. The van der Waals surface area contributed by atoms with Gasteiger partial charge in [-0.3, -0.25) is 0 Å². The van der Waals surface area contributed by atoms with Crippen molar-refractivity contribution in [2.24, 2.45) is 11.8 Å². The summed E-state index contributed by atoms with van der Waals surface area (Å²) in [6, 6.07) is 7.14. The number of aryl methyl sites for hydroxylation is 1. The standard InChI is InChI=1S/C23H36F2O/c1-2-3-4-5-6-7-8-19-9-11-20(12-10-19)13-14-21-15-17-22(18-16-21)26-23(24)25/h15-20,23H,2-14H2,1H3. The van der Waals surface area contributed by atoms with Crippen molar-refractivity contribution in [1.29, 1.82) is 0 Å². The zero-order chi connectivity index (χ0) is 18.6. The van der Waals surface area contributed by atoms with Crippen molar-refractivity contribution in [2.75, 3.05) is 0 Å². The van der Waals surface area contributed by atoms with Crippen LogP contribution in [0, 0.1) is 11.8 Å². The molecule has 0 atom stereocenters. The summed E-state index contributed by atoms with van der Waals surface area (Å²) >= 11 is 0. The average Bonchev–Trinajstić information content (AvgIpc) is 2.64. The minimum absolute atomic E-state index is 0.249. The molecule has 0 unspecified atom stereocenters. The molecule has 1 fully saturated rings. The lowest BCUT2D eigenvalue weighted by molar-refractivity contribution is -0.0498. The van der Waals surface area contributed by atoms with Gasteiger partial charge in [0.15, 0.2) is 0 Å². The molecule has 3 heteroatoms. The molecule has 1 aliphatic rings. The van der Waals surface area contributed by atoms with Gasteiger partial charge in [-0.15, -0.1) is 0 Å². The highest BCUT2D eigenvalue weighted by Gasteiger charge is 2.20. The summed E-state index contributed by atoms with van der Waals surface area (Å²) in [4.78, 5) is 0. The Hall–Kier alpha value is -1.12. The van der Waals surface area contributed by atoms with Crippen LogP contribution in [0.1, 0.15) is 89.5 Å². The minimum atomic E-state index is -2.74. The van der Waals surface area contributed by atoms with E-state index in [1.807, 2.05) is 12.1 Å². The van der Waals surface area contributed by atoms with Gasteiger partial charge in [0.25, 0.3) is 0 Å². The first-order valence-corrected chi connectivity index (χ1v) is 10.7. The van der Waals surface area contributed by atoms with Gasteiger partial charge >= 0.3 is 6.61 Å². The van der Waals surface area contributed by atoms with Crippen LogP contribution in [-0.2, 0) is 6.42 Å². The van der Waals surface area contributed by atoms with Crippen molar-refractivity contribution in [2.45, 2.75) is 97.0 Å². The fraction of sp³-hybridized carbons (Fsp3) is 0.739. The fourth-order valence-electron chi connectivity index (χ4n) is 4.23. The SMILES string of the molecule is CCCCCCCCC1CCC(CCc2ccc(OC(F)F)cc2)CC1. The largest absolute Gasteiger partial charge is 0.435 e. The summed E-state index contributed by atoms with van der Waals surface area (Å²) in [6.45, 7) is -0.470. The van der Waals surface area contributed by atoms with Crippen molar-refractivity contribution in [3.8, 4) is 5.75 Å². The van der Waals surface area contributed by atoms with Gasteiger partial charge in [0.05, 0.1) is 0 Å². The fourth-order valence-corrected chi connectivity index (χ4v) is 4.23. The van der Waals surface area contributed by atoms with E-state index in [9.17, 15) is 8.78 Å². The Bertz CT molecular complexity index is 464. The summed E-state index contributed by atoms with van der Waals surface area (Å²) in [5, 5.41) is 0. The number of rotatable bonds is 12. The number of alkyl halides is 2. The highest BCUT2D eigenvalue weighted by atomic mass is 19.3. The predicted molar refractivity (Wildman–Crippen MR) is 105 cm³/mol.